The van der Waals surface area contributed by atoms with Crippen molar-refractivity contribution in [3.8, 4) is 0 Å². The highest BCUT2D eigenvalue weighted by molar-refractivity contribution is 7.89. The molecule has 2 aromatic rings. The zero-order valence-corrected chi connectivity index (χ0v) is 13.5. The van der Waals surface area contributed by atoms with Crippen LogP contribution in [0.15, 0.2) is 64.9 Å². The summed E-state index contributed by atoms with van der Waals surface area (Å²) in [5, 5.41) is 20.8. The number of hydrogen-bond donors (Lipinski definition) is 1. The highest BCUT2D eigenvalue weighted by Gasteiger charge is 2.16. The minimum absolute atomic E-state index is 0.0389. The average Bonchev–Trinajstić information content (AvgIpc) is 2.54. The molecule has 0 bridgehead atoms. The van der Waals surface area contributed by atoms with Crippen LogP contribution in [0.3, 0.4) is 0 Å². The Morgan fingerprint density at radius 2 is 1.78 bits per heavy atom. The molecule has 0 aromatic heterocycles. The molecule has 0 saturated heterocycles. The molecule has 0 spiro atoms. The van der Waals surface area contributed by atoms with E-state index in [0.29, 0.717) is 15.4 Å². The topological polar surface area (TPSA) is 80.4 Å². The zero-order chi connectivity index (χ0) is 17.0. The lowest BCUT2D eigenvalue weighted by Gasteiger charge is -2.13. The molecule has 1 unspecified atom stereocenters. The largest absolute Gasteiger partial charge is 0.388 e. The number of nitro benzene ring substituents is 1. The first kappa shape index (κ1) is 17.1. The SMILES string of the molecule is C=C(C[C@H](O)c1ccc([N+](=O)[O-])cc1)S(=O)c1ccc(C)cc1. The van der Waals surface area contributed by atoms with E-state index in [1.165, 1.54) is 24.3 Å². The van der Waals surface area contributed by atoms with Gasteiger partial charge in [0.15, 0.2) is 0 Å². The van der Waals surface area contributed by atoms with Crippen molar-refractivity contribution in [2.45, 2.75) is 24.3 Å². The summed E-state index contributed by atoms with van der Waals surface area (Å²) in [6.45, 7) is 5.74. The Balaban J connectivity index is 2.05. The predicted octanol–water partition coefficient (Wildman–Crippen LogP) is 3.65. The van der Waals surface area contributed by atoms with Crippen LogP contribution in [-0.4, -0.2) is 14.2 Å². The van der Waals surface area contributed by atoms with Crippen molar-refractivity contribution in [3.05, 3.63) is 81.3 Å². The molecule has 0 aliphatic carbocycles. The number of non-ortho nitro benzene ring substituents is 1. The van der Waals surface area contributed by atoms with Crippen LogP contribution in [0, 0.1) is 17.0 Å². The summed E-state index contributed by atoms with van der Waals surface area (Å²) >= 11 is 0. The van der Waals surface area contributed by atoms with E-state index in [1.54, 1.807) is 12.1 Å². The number of nitro groups is 1. The van der Waals surface area contributed by atoms with Crippen LogP contribution in [0.5, 0.6) is 0 Å². The summed E-state index contributed by atoms with van der Waals surface area (Å²) < 4.78 is 12.4. The Morgan fingerprint density at radius 3 is 2.30 bits per heavy atom. The summed E-state index contributed by atoms with van der Waals surface area (Å²) in [5.41, 5.74) is 1.56. The molecule has 0 radical (unpaired) electrons. The van der Waals surface area contributed by atoms with E-state index >= 15 is 0 Å². The number of aliphatic hydroxyl groups excluding tert-OH is 1. The smallest absolute Gasteiger partial charge is 0.269 e. The van der Waals surface area contributed by atoms with Gasteiger partial charge in [-0.3, -0.25) is 10.1 Å². The highest BCUT2D eigenvalue weighted by Crippen LogP contribution is 2.26. The maximum absolute atomic E-state index is 12.4. The van der Waals surface area contributed by atoms with Gasteiger partial charge in [-0.15, -0.1) is 0 Å². The van der Waals surface area contributed by atoms with Crippen molar-refractivity contribution in [1.82, 2.24) is 0 Å². The monoisotopic (exact) mass is 331 g/mol. The average molecular weight is 331 g/mol. The lowest BCUT2D eigenvalue weighted by Crippen LogP contribution is -2.03. The van der Waals surface area contributed by atoms with Crippen LogP contribution in [0.25, 0.3) is 0 Å². The fourth-order valence-electron chi connectivity index (χ4n) is 2.06. The Morgan fingerprint density at radius 1 is 1.22 bits per heavy atom. The molecule has 0 saturated carbocycles. The quantitative estimate of drug-likeness (QED) is 0.647. The molecule has 0 aliphatic heterocycles. The first-order chi connectivity index (χ1) is 10.9. The molecule has 120 valence electrons. The maximum atomic E-state index is 12.4. The van der Waals surface area contributed by atoms with Crippen LogP contribution >= 0.6 is 0 Å². The maximum Gasteiger partial charge on any atom is 0.269 e. The number of benzene rings is 2. The van der Waals surface area contributed by atoms with Crippen molar-refractivity contribution in [2.75, 3.05) is 0 Å². The van der Waals surface area contributed by atoms with Gasteiger partial charge in [0.2, 0.25) is 0 Å². The third kappa shape index (κ3) is 4.34. The van der Waals surface area contributed by atoms with Gasteiger partial charge < -0.3 is 5.11 Å². The molecule has 2 atom stereocenters. The van der Waals surface area contributed by atoms with Crippen molar-refractivity contribution in [2.24, 2.45) is 0 Å². The number of aryl methyl sites for hydroxylation is 1. The number of aliphatic hydroxyl groups is 1. The van der Waals surface area contributed by atoms with Crippen molar-refractivity contribution < 1.29 is 14.2 Å². The van der Waals surface area contributed by atoms with Gasteiger partial charge >= 0.3 is 0 Å². The Hall–Kier alpha value is -2.31. The molecule has 1 N–H and O–H groups in total. The van der Waals surface area contributed by atoms with Gasteiger partial charge in [-0.2, -0.15) is 0 Å². The van der Waals surface area contributed by atoms with Crippen LogP contribution in [0.1, 0.15) is 23.7 Å². The molecule has 0 heterocycles. The number of rotatable bonds is 6. The summed E-state index contributed by atoms with van der Waals surface area (Å²) in [5.74, 6) is 0. The lowest BCUT2D eigenvalue weighted by atomic mass is 10.1. The molecular weight excluding hydrogens is 314 g/mol. The third-order valence-corrected chi connectivity index (χ3v) is 4.80. The first-order valence-electron chi connectivity index (χ1n) is 6.97. The van der Waals surface area contributed by atoms with Gasteiger partial charge in [0.25, 0.3) is 5.69 Å². The molecule has 0 fully saturated rings. The number of hydrogen-bond acceptors (Lipinski definition) is 4. The molecule has 5 nitrogen and oxygen atoms in total. The van der Waals surface area contributed by atoms with Crippen LogP contribution in [0.2, 0.25) is 0 Å². The van der Waals surface area contributed by atoms with E-state index in [1.807, 2.05) is 19.1 Å². The predicted molar refractivity (Wildman–Crippen MR) is 89.4 cm³/mol. The molecule has 0 amide bonds. The van der Waals surface area contributed by atoms with Crippen molar-refractivity contribution in [3.63, 3.8) is 0 Å². The van der Waals surface area contributed by atoms with E-state index in [-0.39, 0.29) is 12.1 Å². The van der Waals surface area contributed by atoms with Crippen LogP contribution in [-0.2, 0) is 10.8 Å². The number of nitrogens with zero attached hydrogens (tertiary/aromatic N) is 1. The molecular formula is C17H17NO4S. The second-order valence-corrected chi connectivity index (χ2v) is 6.78. The third-order valence-electron chi connectivity index (χ3n) is 3.41. The second-order valence-electron chi connectivity index (χ2n) is 5.19. The molecule has 0 aliphatic rings. The minimum Gasteiger partial charge on any atom is -0.388 e. The molecule has 2 rings (SSSR count). The van der Waals surface area contributed by atoms with Gasteiger partial charge in [-0.05, 0) is 36.8 Å². The Labute approximate surface area is 136 Å². The fourth-order valence-corrected chi connectivity index (χ4v) is 3.08. The Kier molecular flexibility index (Phi) is 5.41. The van der Waals surface area contributed by atoms with E-state index in [9.17, 15) is 19.4 Å². The lowest BCUT2D eigenvalue weighted by molar-refractivity contribution is -0.384. The molecule has 6 heteroatoms. The van der Waals surface area contributed by atoms with Crippen molar-refractivity contribution in [1.29, 1.82) is 0 Å². The normalized spacial score (nSPS) is 13.3. The van der Waals surface area contributed by atoms with Crippen molar-refractivity contribution >= 4 is 16.5 Å². The first-order valence-corrected chi connectivity index (χ1v) is 8.12. The van der Waals surface area contributed by atoms with Gasteiger partial charge in [-0.25, -0.2) is 4.21 Å². The summed E-state index contributed by atoms with van der Waals surface area (Å²) in [6, 6.07) is 12.9. The molecule has 23 heavy (non-hydrogen) atoms. The van der Waals surface area contributed by atoms with E-state index in [2.05, 4.69) is 6.58 Å². The highest BCUT2D eigenvalue weighted by atomic mass is 32.2. The molecule has 2 aromatic carbocycles. The van der Waals surface area contributed by atoms with Crippen LogP contribution < -0.4 is 0 Å². The van der Waals surface area contributed by atoms with Gasteiger partial charge in [-0.1, -0.05) is 24.3 Å². The minimum atomic E-state index is -1.41. The van der Waals surface area contributed by atoms with Gasteiger partial charge in [0.1, 0.15) is 0 Å². The summed E-state index contributed by atoms with van der Waals surface area (Å²) in [4.78, 5) is 11.2. The summed E-state index contributed by atoms with van der Waals surface area (Å²) in [7, 11) is -1.41. The van der Waals surface area contributed by atoms with Gasteiger partial charge in [0, 0.05) is 28.4 Å². The van der Waals surface area contributed by atoms with Crippen LogP contribution in [0.4, 0.5) is 5.69 Å². The zero-order valence-electron chi connectivity index (χ0n) is 12.6. The van der Waals surface area contributed by atoms with E-state index < -0.39 is 21.8 Å². The van der Waals surface area contributed by atoms with E-state index in [4.69, 9.17) is 0 Å². The standard InChI is InChI=1S/C17H17NO4S/c1-12-3-9-16(10-4-12)23(22)13(2)11-17(19)14-5-7-15(8-6-14)18(20)21/h3-10,17,19H,2,11H2,1H3/t17-,23?/m0/s1. The van der Waals surface area contributed by atoms with Gasteiger partial charge in [0.05, 0.1) is 21.8 Å². The van der Waals surface area contributed by atoms with E-state index in [0.717, 1.165) is 5.56 Å². The Bertz CT molecular complexity index is 738. The second kappa shape index (κ2) is 7.30. The fraction of sp³-hybridized carbons (Fsp3) is 0.176. The summed E-state index contributed by atoms with van der Waals surface area (Å²) in [6.07, 6.45) is -0.782.